The minimum absolute atomic E-state index is 0.603. The Morgan fingerprint density at radius 3 is 1.33 bits per heavy atom. The van der Waals surface area contributed by atoms with Crippen molar-refractivity contribution in [3.05, 3.63) is 0 Å². The summed E-state index contributed by atoms with van der Waals surface area (Å²) >= 11 is 0. The average Bonchev–Trinajstić information content (AvgIpc) is 1.96. The first-order valence-corrected chi connectivity index (χ1v) is 4.99. The first kappa shape index (κ1) is 11.9. The maximum atomic E-state index is 3.43. The lowest BCUT2D eigenvalue weighted by Gasteiger charge is -2.16. The molecule has 0 aromatic carbocycles. The molecule has 0 saturated heterocycles. The van der Waals surface area contributed by atoms with Crippen molar-refractivity contribution < 1.29 is 0 Å². The molecular formula is C10H24N2. The van der Waals surface area contributed by atoms with Crippen molar-refractivity contribution >= 4 is 0 Å². The van der Waals surface area contributed by atoms with Gasteiger partial charge in [-0.1, -0.05) is 34.6 Å². The summed E-state index contributed by atoms with van der Waals surface area (Å²) in [5.41, 5.74) is 0. The molecule has 2 heteroatoms. The van der Waals surface area contributed by atoms with Crippen LogP contribution in [0.2, 0.25) is 0 Å². The van der Waals surface area contributed by atoms with Gasteiger partial charge in [0.1, 0.15) is 0 Å². The lowest BCUT2D eigenvalue weighted by Crippen LogP contribution is -2.35. The van der Waals surface area contributed by atoms with Crippen LogP contribution in [-0.4, -0.2) is 25.2 Å². The lowest BCUT2D eigenvalue weighted by atomic mass is 10.1. The highest BCUT2D eigenvalue weighted by molar-refractivity contribution is 4.63. The van der Waals surface area contributed by atoms with Crippen LogP contribution in [0.1, 0.15) is 34.6 Å². The van der Waals surface area contributed by atoms with Crippen LogP contribution < -0.4 is 10.6 Å². The molecule has 0 aliphatic carbocycles. The molecule has 0 spiro atoms. The molecule has 0 aromatic heterocycles. The third-order valence-corrected chi connectivity index (χ3v) is 1.75. The van der Waals surface area contributed by atoms with E-state index in [2.05, 4.69) is 45.3 Å². The van der Waals surface area contributed by atoms with Crippen molar-refractivity contribution in [2.75, 3.05) is 13.1 Å². The second-order valence-corrected chi connectivity index (χ2v) is 4.23. The van der Waals surface area contributed by atoms with Crippen LogP contribution in [0.3, 0.4) is 0 Å². The smallest absolute Gasteiger partial charge is 0.00105 e. The van der Waals surface area contributed by atoms with Crippen molar-refractivity contribution in [3.8, 4) is 0 Å². The zero-order chi connectivity index (χ0) is 9.56. The van der Waals surface area contributed by atoms with E-state index in [0.717, 1.165) is 19.0 Å². The number of hydrogen-bond acceptors (Lipinski definition) is 2. The molecule has 0 saturated carbocycles. The Kier molecular flexibility index (Phi) is 6.39. The zero-order valence-electron chi connectivity index (χ0n) is 9.15. The third-order valence-electron chi connectivity index (χ3n) is 1.75. The Labute approximate surface area is 77.1 Å². The molecule has 0 amide bonds. The fourth-order valence-electron chi connectivity index (χ4n) is 0.946. The van der Waals surface area contributed by atoms with Gasteiger partial charge in [0.2, 0.25) is 0 Å². The van der Waals surface area contributed by atoms with Gasteiger partial charge in [0.05, 0.1) is 0 Å². The van der Waals surface area contributed by atoms with Crippen LogP contribution in [0.4, 0.5) is 0 Å². The molecule has 0 unspecified atom stereocenters. The molecule has 2 nitrogen and oxygen atoms in total. The maximum absolute atomic E-state index is 3.43. The zero-order valence-corrected chi connectivity index (χ0v) is 9.15. The molecule has 74 valence electrons. The fourth-order valence-corrected chi connectivity index (χ4v) is 0.946. The van der Waals surface area contributed by atoms with Gasteiger partial charge in [-0.05, 0) is 19.0 Å². The van der Waals surface area contributed by atoms with Crippen molar-refractivity contribution in [1.82, 2.24) is 10.6 Å². The summed E-state index contributed by atoms with van der Waals surface area (Å²) in [6, 6.07) is 1.21. The lowest BCUT2D eigenvalue weighted by molar-refractivity contribution is 0.432. The van der Waals surface area contributed by atoms with Gasteiger partial charge in [-0.25, -0.2) is 0 Å². The molecule has 2 N–H and O–H groups in total. The second kappa shape index (κ2) is 6.44. The summed E-state index contributed by atoms with van der Waals surface area (Å²) in [5.74, 6) is 0.717. The molecule has 0 aromatic rings. The van der Waals surface area contributed by atoms with E-state index in [1.54, 1.807) is 0 Å². The van der Waals surface area contributed by atoms with Crippen LogP contribution >= 0.6 is 0 Å². The molecule has 0 fully saturated rings. The van der Waals surface area contributed by atoms with E-state index in [-0.39, 0.29) is 0 Å². The summed E-state index contributed by atoms with van der Waals surface area (Å²) in [5, 5.41) is 6.86. The van der Waals surface area contributed by atoms with Gasteiger partial charge >= 0.3 is 0 Å². The molecule has 0 heterocycles. The minimum atomic E-state index is 0.603. The second-order valence-electron chi connectivity index (χ2n) is 4.23. The van der Waals surface area contributed by atoms with Gasteiger partial charge in [0, 0.05) is 12.1 Å². The highest BCUT2D eigenvalue weighted by atomic mass is 14.9. The van der Waals surface area contributed by atoms with Crippen LogP contribution in [-0.2, 0) is 0 Å². The first-order valence-electron chi connectivity index (χ1n) is 4.99. The molecule has 0 atom stereocenters. The highest BCUT2D eigenvalue weighted by Crippen LogP contribution is 1.92. The van der Waals surface area contributed by atoms with Crippen LogP contribution in [0, 0.1) is 5.92 Å². The SMILES string of the molecule is CC(CNC(C)C)CNC(C)C. The normalized spacial score (nSPS) is 12.0. The van der Waals surface area contributed by atoms with Crippen LogP contribution in [0.15, 0.2) is 0 Å². The summed E-state index contributed by atoms with van der Waals surface area (Å²) in [4.78, 5) is 0. The predicted molar refractivity (Wildman–Crippen MR) is 55.4 cm³/mol. The van der Waals surface area contributed by atoms with Gasteiger partial charge in [0.25, 0.3) is 0 Å². The summed E-state index contributed by atoms with van der Waals surface area (Å²) in [7, 11) is 0. The summed E-state index contributed by atoms with van der Waals surface area (Å²) < 4.78 is 0. The van der Waals surface area contributed by atoms with Crippen LogP contribution in [0.5, 0.6) is 0 Å². The Morgan fingerprint density at radius 1 is 0.750 bits per heavy atom. The summed E-state index contributed by atoms with van der Waals surface area (Å²) in [6.45, 7) is 13.2. The van der Waals surface area contributed by atoms with Crippen molar-refractivity contribution in [1.29, 1.82) is 0 Å². The Bertz CT molecular complexity index is 88.0. The number of hydrogen-bond donors (Lipinski definition) is 2. The molecule has 0 bridgehead atoms. The molecule has 0 aliphatic heterocycles. The monoisotopic (exact) mass is 172 g/mol. The Hall–Kier alpha value is -0.0800. The van der Waals surface area contributed by atoms with Gasteiger partial charge < -0.3 is 10.6 Å². The Morgan fingerprint density at radius 2 is 1.08 bits per heavy atom. The van der Waals surface area contributed by atoms with Gasteiger partial charge in [-0.2, -0.15) is 0 Å². The fraction of sp³-hybridized carbons (Fsp3) is 1.00. The van der Waals surface area contributed by atoms with Crippen molar-refractivity contribution in [2.45, 2.75) is 46.7 Å². The first-order chi connectivity index (χ1) is 5.52. The van der Waals surface area contributed by atoms with Crippen LogP contribution in [0.25, 0.3) is 0 Å². The summed E-state index contributed by atoms with van der Waals surface area (Å²) in [6.07, 6.45) is 0. The molecule has 0 rings (SSSR count). The van der Waals surface area contributed by atoms with E-state index in [1.165, 1.54) is 0 Å². The predicted octanol–water partition coefficient (Wildman–Crippen LogP) is 1.62. The van der Waals surface area contributed by atoms with Crippen molar-refractivity contribution in [3.63, 3.8) is 0 Å². The third kappa shape index (κ3) is 8.02. The largest absolute Gasteiger partial charge is 0.314 e. The standard InChI is InChI=1S/C10H24N2/c1-8(2)11-6-10(5)7-12-9(3)4/h8-12H,6-7H2,1-5H3. The van der Waals surface area contributed by atoms with Gasteiger partial charge in [-0.3, -0.25) is 0 Å². The van der Waals surface area contributed by atoms with Gasteiger partial charge in [-0.15, -0.1) is 0 Å². The van der Waals surface area contributed by atoms with E-state index >= 15 is 0 Å². The van der Waals surface area contributed by atoms with E-state index < -0.39 is 0 Å². The number of nitrogens with one attached hydrogen (secondary N) is 2. The molecular weight excluding hydrogens is 148 g/mol. The number of rotatable bonds is 6. The van der Waals surface area contributed by atoms with E-state index in [9.17, 15) is 0 Å². The molecule has 0 aliphatic rings. The molecule has 0 radical (unpaired) electrons. The minimum Gasteiger partial charge on any atom is -0.314 e. The maximum Gasteiger partial charge on any atom is 0.00105 e. The van der Waals surface area contributed by atoms with E-state index in [4.69, 9.17) is 0 Å². The average molecular weight is 172 g/mol. The molecule has 12 heavy (non-hydrogen) atoms. The van der Waals surface area contributed by atoms with Crippen molar-refractivity contribution in [2.24, 2.45) is 5.92 Å². The topological polar surface area (TPSA) is 24.1 Å². The highest BCUT2D eigenvalue weighted by Gasteiger charge is 2.02. The van der Waals surface area contributed by atoms with E-state index in [1.807, 2.05) is 0 Å². The quantitative estimate of drug-likeness (QED) is 0.636. The van der Waals surface area contributed by atoms with E-state index in [0.29, 0.717) is 12.1 Å². The Balaban J connectivity index is 3.27. The van der Waals surface area contributed by atoms with Gasteiger partial charge in [0.15, 0.2) is 0 Å².